The van der Waals surface area contributed by atoms with E-state index in [1.807, 2.05) is 6.92 Å². The van der Waals surface area contributed by atoms with Gasteiger partial charge >= 0.3 is 12.1 Å². The third kappa shape index (κ3) is 3.65. The third-order valence-electron chi connectivity index (χ3n) is 4.17. The van der Waals surface area contributed by atoms with E-state index in [0.29, 0.717) is 5.56 Å². The highest BCUT2D eigenvalue weighted by Gasteiger charge is 2.47. The van der Waals surface area contributed by atoms with Crippen LogP contribution in [-0.2, 0) is 22.4 Å². The van der Waals surface area contributed by atoms with E-state index in [4.69, 9.17) is 4.84 Å². The second-order valence-corrected chi connectivity index (χ2v) is 6.20. The summed E-state index contributed by atoms with van der Waals surface area (Å²) in [4.78, 5) is 20.8. The van der Waals surface area contributed by atoms with Crippen molar-refractivity contribution >= 4 is 5.91 Å². The molecule has 1 fully saturated rings. The number of hydrogen-bond donors (Lipinski definition) is 0. The van der Waals surface area contributed by atoms with Crippen molar-refractivity contribution in [2.24, 2.45) is 5.41 Å². The molecule has 1 aromatic heterocycles. The zero-order chi connectivity index (χ0) is 18.2. The predicted molar refractivity (Wildman–Crippen MR) is 79.6 cm³/mol. The molecule has 3 rings (SSSR count). The summed E-state index contributed by atoms with van der Waals surface area (Å²) >= 11 is 0. The number of nitrogens with zero attached hydrogens (tertiary/aromatic N) is 3. The molecule has 0 unspecified atom stereocenters. The van der Waals surface area contributed by atoms with E-state index in [2.05, 4.69) is 14.7 Å². The van der Waals surface area contributed by atoms with Gasteiger partial charge in [-0.05, 0) is 18.4 Å². The number of benzene rings is 1. The van der Waals surface area contributed by atoms with Gasteiger partial charge < -0.3 is 4.52 Å². The van der Waals surface area contributed by atoms with Crippen molar-refractivity contribution in [1.82, 2.24) is 15.2 Å². The van der Waals surface area contributed by atoms with Gasteiger partial charge in [-0.2, -0.15) is 18.2 Å². The molecule has 0 spiro atoms. The molecule has 134 valence electrons. The predicted octanol–water partition coefficient (Wildman–Crippen LogP) is 3.45. The third-order valence-corrected chi connectivity index (χ3v) is 4.17. The van der Waals surface area contributed by atoms with Crippen LogP contribution in [0.1, 0.15) is 31.2 Å². The van der Waals surface area contributed by atoms with Crippen LogP contribution >= 0.6 is 0 Å². The van der Waals surface area contributed by atoms with Crippen molar-refractivity contribution in [2.75, 3.05) is 7.11 Å². The fourth-order valence-corrected chi connectivity index (χ4v) is 2.30. The van der Waals surface area contributed by atoms with Crippen molar-refractivity contribution in [3.63, 3.8) is 0 Å². The molecule has 0 radical (unpaired) electrons. The summed E-state index contributed by atoms with van der Waals surface area (Å²) in [5.41, 5.74) is 0.796. The molecule has 0 saturated heterocycles. The Hall–Kier alpha value is -2.42. The van der Waals surface area contributed by atoms with Gasteiger partial charge in [-0.25, -0.2) is 5.06 Å². The number of aromatic nitrogens is 2. The van der Waals surface area contributed by atoms with E-state index < -0.39 is 12.1 Å². The molecule has 0 bridgehead atoms. The first kappa shape index (κ1) is 17.4. The lowest BCUT2D eigenvalue weighted by Gasteiger charge is -2.23. The SMILES string of the molecule is CON(Cc1ccc(-c2noc(C(F)(F)F)n2)cc1)C(=O)C1(C)CC1. The molecule has 1 aromatic carbocycles. The van der Waals surface area contributed by atoms with Crippen molar-refractivity contribution in [2.45, 2.75) is 32.5 Å². The van der Waals surface area contributed by atoms with Crippen molar-refractivity contribution in [1.29, 1.82) is 0 Å². The second kappa shape index (κ2) is 6.14. The van der Waals surface area contributed by atoms with Crippen LogP contribution in [0.4, 0.5) is 13.2 Å². The average molecular weight is 355 g/mol. The molecule has 9 heteroatoms. The first-order chi connectivity index (χ1) is 11.7. The number of rotatable bonds is 5. The van der Waals surface area contributed by atoms with Gasteiger partial charge in [0.15, 0.2) is 0 Å². The van der Waals surface area contributed by atoms with Gasteiger partial charge in [-0.15, -0.1) is 0 Å². The molecule has 1 aliphatic rings. The van der Waals surface area contributed by atoms with Gasteiger partial charge in [0, 0.05) is 11.0 Å². The summed E-state index contributed by atoms with van der Waals surface area (Å²) < 4.78 is 41.7. The zero-order valence-corrected chi connectivity index (χ0v) is 13.6. The highest BCUT2D eigenvalue weighted by molar-refractivity contribution is 5.84. The van der Waals surface area contributed by atoms with E-state index in [-0.39, 0.29) is 23.7 Å². The van der Waals surface area contributed by atoms with E-state index >= 15 is 0 Å². The van der Waals surface area contributed by atoms with Crippen molar-refractivity contribution < 1.29 is 27.3 Å². The first-order valence-electron chi connectivity index (χ1n) is 7.59. The number of carbonyl (C=O) groups is 1. The van der Waals surface area contributed by atoms with Crippen LogP contribution < -0.4 is 0 Å². The lowest BCUT2D eigenvalue weighted by atomic mass is 10.1. The maximum absolute atomic E-state index is 12.5. The smallest absolute Gasteiger partial charge is 0.329 e. The lowest BCUT2D eigenvalue weighted by Crippen LogP contribution is -2.34. The average Bonchev–Trinajstić information content (AvgIpc) is 3.12. The van der Waals surface area contributed by atoms with E-state index in [9.17, 15) is 18.0 Å². The van der Waals surface area contributed by atoms with Gasteiger partial charge in [0.2, 0.25) is 5.82 Å². The van der Waals surface area contributed by atoms with Crippen LogP contribution in [0.2, 0.25) is 0 Å². The number of halogens is 3. The Balaban J connectivity index is 1.71. The summed E-state index contributed by atoms with van der Waals surface area (Å²) in [5, 5.41) is 4.62. The molecule has 1 aliphatic carbocycles. The van der Waals surface area contributed by atoms with Crippen LogP contribution in [0.5, 0.6) is 0 Å². The Morgan fingerprint density at radius 2 is 1.96 bits per heavy atom. The van der Waals surface area contributed by atoms with Crippen LogP contribution in [-0.4, -0.2) is 28.2 Å². The van der Waals surface area contributed by atoms with Gasteiger partial charge in [-0.1, -0.05) is 36.3 Å². The van der Waals surface area contributed by atoms with Crippen LogP contribution in [0.3, 0.4) is 0 Å². The standard InChI is InChI=1S/C16H16F3N3O3/c1-15(7-8-15)14(23)22(24-2)9-10-3-5-11(6-4-10)12-20-13(25-21-12)16(17,18)19/h3-6H,7-9H2,1-2H3. The van der Waals surface area contributed by atoms with E-state index in [1.54, 1.807) is 24.3 Å². The summed E-state index contributed by atoms with van der Waals surface area (Å²) in [5.74, 6) is -1.61. The van der Waals surface area contributed by atoms with Gasteiger partial charge in [0.05, 0.1) is 13.7 Å². The highest BCUT2D eigenvalue weighted by atomic mass is 19.4. The van der Waals surface area contributed by atoms with Crippen LogP contribution in [0.25, 0.3) is 11.4 Å². The fraction of sp³-hybridized carbons (Fsp3) is 0.438. The summed E-state index contributed by atoms with van der Waals surface area (Å²) in [7, 11) is 1.43. The summed E-state index contributed by atoms with van der Waals surface area (Å²) in [6, 6.07) is 6.48. The second-order valence-electron chi connectivity index (χ2n) is 6.20. The Morgan fingerprint density at radius 1 is 1.32 bits per heavy atom. The molecule has 1 heterocycles. The minimum atomic E-state index is -4.68. The quantitative estimate of drug-likeness (QED) is 0.769. The molecule has 0 atom stereocenters. The van der Waals surface area contributed by atoms with Crippen molar-refractivity contribution in [3.8, 4) is 11.4 Å². The molecule has 0 N–H and O–H groups in total. The molecule has 1 amide bonds. The number of hydrogen-bond acceptors (Lipinski definition) is 5. The monoisotopic (exact) mass is 355 g/mol. The number of hydroxylamine groups is 2. The fourth-order valence-electron chi connectivity index (χ4n) is 2.30. The van der Waals surface area contributed by atoms with Crippen LogP contribution in [0.15, 0.2) is 28.8 Å². The Labute approximate surface area is 141 Å². The Bertz CT molecular complexity index is 767. The molecule has 0 aliphatic heterocycles. The highest BCUT2D eigenvalue weighted by Crippen LogP contribution is 2.46. The van der Waals surface area contributed by atoms with Gasteiger partial charge in [0.1, 0.15) is 0 Å². The molecule has 6 nitrogen and oxygen atoms in total. The largest absolute Gasteiger partial charge is 0.471 e. The molecule has 2 aromatic rings. The van der Waals surface area contributed by atoms with Gasteiger partial charge in [0.25, 0.3) is 5.91 Å². The van der Waals surface area contributed by atoms with E-state index in [0.717, 1.165) is 18.4 Å². The summed E-state index contributed by atoms with van der Waals surface area (Å²) in [6.45, 7) is 2.13. The number of alkyl halides is 3. The lowest BCUT2D eigenvalue weighted by molar-refractivity contribution is -0.185. The molecular weight excluding hydrogens is 339 g/mol. The van der Waals surface area contributed by atoms with E-state index in [1.165, 1.54) is 12.2 Å². The molecule has 25 heavy (non-hydrogen) atoms. The number of carbonyl (C=O) groups excluding carboxylic acids is 1. The molecular formula is C16H16F3N3O3. The maximum atomic E-state index is 12.5. The minimum Gasteiger partial charge on any atom is -0.329 e. The zero-order valence-electron chi connectivity index (χ0n) is 13.6. The first-order valence-corrected chi connectivity index (χ1v) is 7.59. The summed E-state index contributed by atoms with van der Waals surface area (Å²) in [6.07, 6.45) is -3.00. The normalized spacial score (nSPS) is 15.9. The molecule has 1 saturated carbocycles. The van der Waals surface area contributed by atoms with Gasteiger partial charge in [-0.3, -0.25) is 9.63 Å². The number of amides is 1. The topological polar surface area (TPSA) is 68.5 Å². The maximum Gasteiger partial charge on any atom is 0.471 e. The van der Waals surface area contributed by atoms with Crippen LogP contribution in [0, 0.1) is 5.41 Å². The Kier molecular flexibility index (Phi) is 4.28. The Morgan fingerprint density at radius 3 is 2.44 bits per heavy atom. The van der Waals surface area contributed by atoms with Crippen molar-refractivity contribution in [3.05, 3.63) is 35.7 Å². The minimum absolute atomic E-state index is 0.0768.